The average molecular weight is 515 g/mol. The monoisotopic (exact) mass is 514 g/mol. The van der Waals surface area contributed by atoms with E-state index < -0.39 is 11.9 Å². The van der Waals surface area contributed by atoms with Crippen molar-refractivity contribution < 1.29 is 32.2 Å². The largest absolute Gasteiger partial charge is 0.490 e. The number of morpholine rings is 1. The van der Waals surface area contributed by atoms with Crippen LogP contribution >= 0.6 is 11.6 Å². The van der Waals surface area contributed by atoms with E-state index in [1.165, 1.54) is 0 Å². The van der Waals surface area contributed by atoms with Crippen molar-refractivity contribution in [2.45, 2.75) is 31.7 Å². The van der Waals surface area contributed by atoms with Crippen molar-refractivity contribution in [1.82, 2.24) is 19.6 Å². The van der Waals surface area contributed by atoms with E-state index in [1.54, 1.807) is 34.1 Å². The third-order valence-electron chi connectivity index (χ3n) is 6.15. The molecule has 3 heterocycles. The molecule has 35 heavy (non-hydrogen) atoms. The minimum atomic E-state index is -4.57. The maximum Gasteiger partial charge on any atom is 0.435 e. The molecule has 2 atom stereocenters. The number of alkyl halides is 3. The number of carbonyl (C=O) groups excluding carboxylic acids is 2. The molecule has 4 rings (SSSR count). The second-order valence-corrected chi connectivity index (χ2v) is 9.03. The first-order chi connectivity index (χ1) is 16.7. The van der Waals surface area contributed by atoms with Crippen molar-refractivity contribution in [2.75, 3.05) is 39.4 Å². The van der Waals surface area contributed by atoms with Gasteiger partial charge in [-0.1, -0.05) is 11.6 Å². The van der Waals surface area contributed by atoms with E-state index in [0.29, 0.717) is 50.0 Å². The SMILES string of the molecule is O=C(C[C@H]1CN(C(=O)Cn2ccc(C(F)(F)F)n2)CC[C@@H]1Oc1ccc(Cl)cc1)N1CCOCC1. The van der Waals surface area contributed by atoms with Crippen molar-refractivity contribution in [2.24, 2.45) is 5.92 Å². The molecule has 0 radical (unpaired) electrons. The van der Waals surface area contributed by atoms with E-state index in [2.05, 4.69) is 5.10 Å². The lowest BCUT2D eigenvalue weighted by molar-refractivity contribution is -0.143. The van der Waals surface area contributed by atoms with E-state index in [0.717, 1.165) is 16.9 Å². The number of aromatic nitrogens is 2. The second-order valence-electron chi connectivity index (χ2n) is 8.59. The first kappa shape index (κ1) is 25.3. The number of hydrogen-bond donors (Lipinski definition) is 0. The average Bonchev–Trinajstić information content (AvgIpc) is 3.31. The Hall–Kier alpha value is -2.79. The Morgan fingerprint density at radius 2 is 1.77 bits per heavy atom. The van der Waals surface area contributed by atoms with Crippen LogP contribution in [-0.4, -0.2) is 76.9 Å². The van der Waals surface area contributed by atoms with Gasteiger partial charge in [-0.25, -0.2) is 0 Å². The Morgan fingerprint density at radius 3 is 2.43 bits per heavy atom. The van der Waals surface area contributed by atoms with Crippen LogP contribution in [0.4, 0.5) is 13.2 Å². The Kier molecular flexibility index (Phi) is 7.85. The highest BCUT2D eigenvalue weighted by atomic mass is 35.5. The number of rotatable bonds is 6. The summed E-state index contributed by atoms with van der Waals surface area (Å²) in [4.78, 5) is 29.1. The third kappa shape index (κ3) is 6.66. The molecule has 1 aromatic heterocycles. The van der Waals surface area contributed by atoms with Crippen LogP contribution in [0.25, 0.3) is 0 Å². The minimum Gasteiger partial charge on any atom is -0.490 e. The third-order valence-corrected chi connectivity index (χ3v) is 6.40. The normalized spacial score (nSPS) is 21.1. The van der Waals surface area contributed by atoms with Crippen LogP contribution < -0.4 is 4.74 Å². The van der Waals surface area contributed by atoms with Crippen LogP contribution in [0.5, 0.6) is 5.75 Å². The van der Waals surface area contributed by atoms with E-state index in [-0.39, 0.29) is 43.3 Å². The molecule has 190 valence electrons. The number of likely N-dealkylation sites (tertiary alicyclic amines) is 1. The van der Waals surface area contributed by atoms with Gasteiger partial charge in [0.15, 0.2) is 5.69 Å². The molecule has 2 aliphatic rings. The Morgan fingerprint density at radius 1 is 1.06 bits per heavy atom. The summed E-state index contributed by atoms with van der Waals surface area (Å²) in [7, 11) is 0. The van der Waals surface area contributed by atoms with Gasteiger partial charge in [0.1, 0.15) is 18.4 Å². The van der Waals surface area contributed by atoms with Crippen molar-refractivity contribution >= 4 is 23.4 Å². The minimum absolute atomic E-state index is 0.0424. The number of halogens is 4. The molecule has 1 aromatic carbocycles. The number of hydrogen-bond acceptors (Lipinski definition) is 5. The first-order valence-corrected chi connectivity index (χ1v) is 11.7. The molecule has 2 saturated heterocycles. The zero-order chi connectivity index (χ0) is 25.0. The van der Waals surface area contributed by atoms with E-state index in [4.69, 9.17) is 21.1 Å². The van der Waals surface area contributed by atoms with Crippen LogP contribution in [0.3, 0.4) is 0 Å². The van der Waals surface area contributed by atoms with Crippen LogP contribution in [-0.2, 0) is 27.0 Å². The second kappa shape index (κ2) is 10.9. The summed E-state index contributed by atoms with van der Waals surface area (Å²) >= 11 is 5.96. The van der Waals surface area contributed by atoms with Gasteiger partial charge in [-0.15, -0.1) is 0 Å². The first-order valence-electron chi connectivity index (χ1n) is 11.4. The fourth-order valence-electron chi connectivity index (χ4n) is 4.28. The summed E-state index contributed by atoms with van der Waals surface area (Å²) in [5.41, 5.74) is -1.05. The smallest absolute Gasteiger partial charge is 0.435 e. The quantitative estimate of drug-likeness (QED) is 0.592. The fourth-order valence-corrected chi connectivity index (χ4v) is 4.41. The van der Waals surface area contributed by atoms with Gasteiger partial charge in [-0.3, -0.25) is 14.3 Å². The summed E-state index contributed by atoms with van der Waals surface area (Å²) in [6.07, 6.45) is -3.09. The number of nitrogens with zero attached hydrogens (tertiary/aromatic N) is 4. The van der Waals surface area contributed by atoms with Gasteiger partial charge in [0.05, 0.1) is 13.2 Å². The molecule has 2 fully saturated rings. The maximum absolute atomic E-state index is 12.9. The van der Waals surface area contributed by atoms with E-state index >= 15 is 0 Å². The summed E-state index contributed by atoms with van der Waals surface area (Å²) in [6.45, 7) is 2.27. The standard InChI is InChI=1S/C23H26ClF3N4O4/c24-17-1-3-18(4-2-17)35-19-5-7-30(14-16(19)13-21(32)29-9-11-34-12-10-29)22(33)15-31-8-6-20(28-31)23(25,26)27/h1-4,6,8,16,19H,5,7,9-15H2/t16-,19-/m0/s1. The molecule has 2 amide bonds. The lowest BCUT2D eigenvalue weighted by atomic mass is 9.90. The van der Waals surface area contributed by atoms with Crippen molar-refractivity contribution in [1.29, 1.82) is 0 Å². The fraction of sp³-hybridized carbons (Fsp3) is 0.522. The van der Waals surface area contributed by atoms with Crippen LogP contribution in [0.1, 0.15) is 18.5 Å². The Bertz CT molecular complexity index is 1020. The molecular formula is C23H26ClF3N4O4. The van der Waals surface area contributed by atoms with Gasteiger partial charge in [0.2, 0.25) is 11.8 Å². The molecule has 0 N–H and O–H groups in total. The molecule has 12 heteroatoms. The maximum atomic E-state index is 12.9. The molecule has 0 bridgehead atoms. The molecule has 0 saturated carbocycles. The lowest BCUT2D eigenvalue weighted by Crippen LogP contribution is -2.51. The summed E-state index contributed by atoms with van der Waals surface area (Å²) in [5, 5.41) is 4.03. The van der Waals surface area contributed by atoms with Gasteiger partial charge >= 0.3 is 6.18 Å². The highest BCUT2D eigenvalue weighted by molar-refractivity contribution is 6.30. The zero-order valence-corrected chi connectivity index (χ0v) is 19.7. The van der Waals surface area contributed by atoms with Crippen LogP contribution in [0.2, 0.25) is 5.02 Å². The van der Waals surface area contributed by atoms with E-state index in [9.17, 15) is 22.8 Å². The van der Waals surface area contributed by atoms with Crippen LogP contribution in [0.15, 0.2) is 36.5 Å². The molecule has 0 spiro atoms. The molecule has 8 nitrogen and oxygen atoms in total. The summed E-state index contributed by atoms with van der Waals surface area (Å²) < 4.78 is 50.9. The van der Waals surface area contributed by atoms with Crippen molar-refractivity contribution in [3.63, 3.8) is 0 Å². The predicted octanol–water partition coefficient (Wildman–Crippen LogP) is 3.10. The molecule has 0 aliphatic carbocycles. The zero-order valence-electron chi connectivity index (χ0n) is 18.9. The summed E-state index contributed by atoms with van der Waals surface area (Å²) in [5.74, 6) is -0.0870. The van der Waals surface area contributed by atoms with Gasteiger partial charge in [-0.2, -0.15) is 18.3 Å². The number of ether oxygens (including phenoxy) is 2. The topological polar surface area (TPSA) is 76.9 Å². The predicted molar refractivity (Wildman–Crippen MR) is 120 cm³/mol. The van der Waals surface area contributed by atoms with Gasteiger partial charge in [-0.05, 0) is 30.3 Å². The van der Waals surface area contributed by atoms with Gasteiger partial charge in [0, 0.05) is 56.2 Å². The van der Waals surface area contributed by atoms with Crippen molar-refractivity contribution in [3.8, 4) is 5.75 Å². The summed E-state index contributed by atoms with van der Waals surface area (Å²) in [6, 6.07) is 7.75. The van der Waals surface area contributed by atoms with E-state index in [1.807, 2.05) is 0 Å². The number of piperidine rings is 1. The lowest BCUT2D eigenvalue weighted by Gasteiger charge is -2.39. The Labute approximate surface area is 205 Å². The van der Waals surface area contributed by atoms with Gasteiger partial charge < -0.3 is 19.3 Å². The molecule has 0 unspecified atom stereocenters. The highest BCUT2D eigenvalue weighted by Gasteiger charge is 2.36. The highest BCUT2D eigenvalue weighted by Crippen LogP contribution is 2.29. The van der Waals surface area contributed by atoms with Crippen LogP contribution in [0, 0.1) is 5.92 Å². The number of carbonyl (C=O) groups is 2. The number of amides is 2. The molecular weight excluding hydrogens is 489 g/mol. The molecule has 2 aromatic rings. The van der Waals surface area contributed by atoms with Gasteiger partial charge in [0.25, 0.3) is 0 Å². The molecule has 2 aliphatic heterocycles. The van der Waals surface area contributed by atoms with Crippen molar-refractivity contribution in [3.05, 3.63) is 47.2 Å². The Balaban J connectivity index is 1.43. The number of benzene rings is 1.